The molecule has 0 aromatic rings. The summed E-state index contributed by atoms with van der Waals surface area (Å²) < 4.78 is 0. The van der Waals surface area contributed by atoms with Crippen LogP contribution in [0, 0.1) is 5.92 Å². The second kappa shape index (κ2) is 15.3. The van der Waals surface area contributed by atoms with Crippen LogP contribution >= 0.6 is 0 Å². The van der Waals surface area contributed by atoms with Gasteiger partial charge < -0.3 is 5.11 Å². The fourth-order valence-electron chi connectivity index (χ4n) is 2.20. The molecule has 0 fully saturated rings. The molecular formula is C19H34O2. The highest BCUT2D eigenvalue weighted by molar-refractivity contribution is 5.69. The molecule has 0 bridgehead atoms. The molecule has 1 unspecified atom stereocenters. The van der Waals surface area contributed by atoms with Crippen molar-refractivity contribution in [3.05, 3.63) is 24.3 Å². The summed E-state index contributed by atoms with van der Waals surface area (Å²) in [5, 5.41) is 8.77. The van der Waals surface area contributed by atoms with E-state index in [0.29, 0.717) is 0 Å². The number of hydrogen-bond acceptors (Lipinski definition) is 1. The van der Waals surface area contributed by atoms with Crippen molar-refractivity contribution in [2.24, 2.45) is 5.92 Å². The van der Waals surface area contributed by atoms with Gasteiger partial charge in [-0.3, -0.25) is 4.79 Å². The smallest absolute Gasteiger partial charge is 0.306 e. The number of carboxylic acid groups (broad SMARTS) is 1. The zero-order valence-corrected chi connectivity index (χ0v) is 14.0. The van der Waals surface area contributed by atoms with Crippen LogP contribution in [-0.2, 0) is 4.79 Å². The van der Waals surface area contributed by atoms with Crippen LogP contribution in [0.5, 0.6) is 0 Å². The number of unbranched alkanes of at least 4 members (excludes halogenated alkanes) is 7. The monoisotopic (exact) mass is 294 g/mol. The Bertz CT molecular complexity index is 292. The average Bonchev–Trinajstić information content (AvgIpc) is 2.47. The first kappa shape index (κ1) is 19.9. The average molecular weight is 294 g/mol. The zero-order chi connectivity index (χ0) is 15.8. The van der Waals surface area contributed by atoms with Crippen LogP contribution in [0.1, 0.15) is 84.5 Å². The van der Waals surface area contributed by atoms with E-state index < -0.39 is 5.97 Å². The highest BCUT2D eigenvalue weighted by atomic mass is 16.4. The first-order valence-corrected chi connectivity index (χ1v) is 8.71. The van der Waals surface area contributed by atoms with Crippen molar-refractivity contribution < 1.29 is 9.90 Å². The maximum atomic E-state index is 10.7. The quantitative estimate of drug-likeness (QED) is 0.309. The lowest BCUT2D eigenvalue weighted by atomic mass is 10.0. The van der Waals surface area contributed by atoms with E-state index in [0.717, 1.165) is 19.3 Å². The fourth-order valence-corrected chi connectivity index (χ4v) is 2.20. The van der Waals surface area contributed by atoms with Crippen LogP contribution in [0.15, 0.2) is 24.3 Å². The van der Waals surface area contributed by atoms with E-state index in [1.165, 1.54) is 51.4 Å². The van der Waals surface area contributed by atoms with Crippen LogP contribution in [-0.4, -0.2) is 11.1 Å². The highest BCUT2D eigenvalue weighted by Gasteiger charge is 2.09. The lowest BCUT2D eigenvalue weighted by Gasteiger charge is -2.05. The minimum Gasteiger partial charge on any atom is -0.481 e. The van der Waals surface area contributed by atoms with Crippen molar-refractivity contribution in [1.29, 1.82) is 0 Å². The molecule has 0 saturated heterocycles. The Kier molecular flexibility index (Phi) is 14.6. The number of hydrogen-bond donors (Lipinski definition) is 1. The van der Waals surface area contributed by atoms with E-state index in [1.807, 2.05) is 0 Å². The molecule has 21 heavy (non-hydrogen) atoms. The van der Waals surface area contributed by atoms with Crippen LogP contribution in [0.4, 0.5) is 0 Å². The molecule has 2 heteroatoms. The van der Waals surface area contributed by atoms with E-state index in [4.69, 9.17) is 5.11 Å². The molecule has 0 radical (unpaired) electrons. The van der Waals surface area contributed by atoms with Gasteiger partial charge in [-0.2, -0.15) is 0 Å². The molecule has 0 spiro atoms. The first-order chi connectivity index (χ1) is 10.2. The lowest BCUT2D eigenvalue weighted by molar-refractivity contribution is -0.141. The summed E-state index contributed by atoms with van der Waals surface area (Å²) in [6.45, 7) is 4.02. The van der Waals surface area contributed by atoms with Gasteiger partial charge in [0.15, 0.2) is 0 Å². The van der Waals surface area contributed by atoms with Gasteiger partial charge in [0, 0.05) is 0 Å². The van der Waals surface area contributed by atoms with Gasteiger partial charge in [0.25, 0.3) is 0 Å². The van der Waals surface area contributed by atoms with Crippen LogP contribution in [0.25, 0.3) is 0 Å². The Balaban J connectivity index is 3.25. The predicted molar refractivity (Wildman–Crippen MR) is 91.5 cm³/mol. The second-order valence-corrected chi connectivity index (χ2v) is 5.91. The predicted octanol–water partition coefficient (Wildman–Crippen LogP) is 6.13. The maximum absolute atomic E-state index is 10.7. The minimum absolute atomic E-state index is 0.182. The van der Waals surface area contributed by atoms with Gasteiger partial charge in [0.1, 0.15) is 0 Å². The Morgan fingerprint density at radius 1 is 0.905 bits per heavy atom. The van der Waals surface area contributed by atoms with Crippen molar-refractivity contribution >= 4 is 5.97 Å². The van der Waals surface area contributed by atoms with Gasteiger partial charge >= 0.3 is 5.97 Å². The van der Waals surface area contributed by atoms with E-state index in [9.17, 15) is 4.79 Å². The minimum atomic E-state index is -0.663. The SMILES string of the molecule is CCCC/C=C/C/C=C/CCCCCCCC(C)C(=O)O. The van der Waals surface area contributed by atoms with Crippen LogP contribution in [0.2, 0.25) is 0 Å². The molecule has 2 nitrogen and oxygen atoms in total. The lowest BCUT2D eigenvalue weighted by Crippen LogP contribution is -2.08. The molecule has 1 N–H and O–H groups in total. The van der Waals surface area contributed by atoms with Crippen molar-refractivity contribution in [3.63, 3.8) is 0 Å². The van der Waals surface area contributed by atoms with Gasteiger partial charge in [-0.05, 0) is 32.1 Å². The molecular weight excluding hydrogens is 260 g/mol. The normalized spacial score (nSPS) is 13.2. The third kappa shape index (κ3) is 15.2. The number of allylic oxidation sites excluding steroid dienone is 4. The van der Waals surface area contributed by atoms with Gasteiger partial charge in [0.05, 0.1) is 5.92 Å². The third-order valence-electron chi connectivity index (χ3n) is 3.76. The number of carboxylic acids is 1. The molecule has 0 heterocycles. The molecule has 0 aliphatic carbocycles. The summed E-state index contributed by atoms with van der Waals surface area (Å²) in [6.07, 6.45) is 21.9. The Hall–Kier alpha value is -1.05. The molecule has 0 aliphatic rings. The third-order valence-corrected chi connectivity index (χ3v) is 3.76. The standard InChI is InChI=1S/C19H34O2/c1-3-4-5-6-7-8-9-10-11-12-13-14-15-16-17-18(2)19(20)21/h6-7,9-10,18H,3-5,8,11-17H2,1-2H3,(H,20,21)/b7-6+,10-9+. The summed E-state index contributed by atoms with van der Waals surface area (Å²) in [5.74, 6) is -0.845. The largest absolute Gasteiger partial charge is 0.481 e. The Morgan fingerprint density at radius 3 is 2.10 bits per heavy atom. The fraction of sp³-hybridized carbons (Fsp3) is 0.737. The number of carbonyl (C=O) groups is 1. The zero-order valence-electron chi connectivity index (χ0n) is 14.0. The van der Waals surface area contributed by atoms with Gasteiger partial charge in [-0.1, -0.05) is 76.7 Å². The summed E-state index contributed by atoms with van der Waals surface area (Å²) >= 11 is 0. The summed E-state index contributed by atoms with van der Waals surface area (Å²) in [4.78, 5) is 10.7. The van der Waals surface area contributed by atoms with Gasteiger partial charge in [-0.25, -0.2) is 0 Å². The highest BCUT2D eigenvalue weighted by Crippen LogP contribution is 2.12. The molecule has 0 saturated carbocycles. The Morgan fingerprint density at radius 2 is 1.48 bits per heavy atom. The summed E-state index contributed by atoms with van der Waals surface area (Å²) in [5.41, 5.74) is 0. The molecule has 122 valence electrons. The van der Waals surface area contributed by atoms with E-state index in [2.05, 4.69) is 31.2 Å². The van der Waals surface area contributed by atoms with Crippen molar-refractivity contribution in [1.82, 2.24) is 0 Å². The van der Waals surface area contributed by atoms with E-state index in [1.54, 1.807) is 6.92 Å². The summed E-state index contributed by atoms with van der Waals surface area (Å²) in [7, 11) is 0. The molecule has 0 amide bonds. The van der Waals surface area contributed by atoms with Crippen LogP contribution < -0.4 is 0 Å². The maximum Gasteiger partial charge on any atom is 0.306 e. The summed E-state index contributed by atoms with van der Waals surface area (Å²) in [6, 6.07) is 0. The number of rotatable bonds is 14. The van der Waals surface area contributed by atoms with Crippen molar-refractivity contribution in [2.75, 3.05) is 0 Å². The topological polar surface area (TPSA) is 37.3 Å². The van der Waals surface area contributed by atoms with E-state index in [-0.39, 0.29) is 5.92 Å². The molecule has 0 aliphatic heterocycles. The molecule has 0 aromatic heterocycles. The number of aliphatic carboxylic acids is 1. The molecule has 0 rings (SSSR count). The van der Waals surface area contributed by atoms with Gasteiger partial charge in [-0.15, -0.1) is 0 Å². The molecule has 0 aromatic carbocycles. The van der Waals surface area contributed by atoms with Crippen LogP contribution in [0.3, 0.4) is 0 Å². The van der Waals surface area contributed by atoms with Crippen molar-refractivity contribution in [3.8, 4) is 0 Å². The Labute approximate surface area is 131 Å². The van der Waals surface area contributed by atoms with E-state index >= 15 is 0 Å². The first-order valence-electron chi connectivity index (χ1n) is 8.71. The molecule has 1 atom stereocenters. The second-order valence-electron chi connectivity index (χ2n) is 5.91. The van der Waals surface area contributed by atoms with Gasteiger partial charge in [0.2, 0.25) is 0 Å². The van der Waals surface area contributed by atoms with Crippen molar-refractivity contribution in [2.45, 2.75) is 84.5 Å².